The number of fused-ring (bicyclic) bond motifs is 3. The zero-order valence-corrected chi connectivity index (χ0v) is 26.3. The predicted molar refractivity (Wildman–Crippen MR) is 174 cm³/mol. The number of imide groups is 1. The van der Waals surface area contributed by atoms with E-state index in [0.29, 0.717) is 41.1 Å². The first kappa shape index (κ1) is 29.6. The highest BCUT2D eigenvalue weighted by Gasteiger charge is 2.57. The van der Waals surface area contributed by atoms with E-state index in [2.05, 4.69) is 40.8 Å². The van der Waals surface area contributed by atoms with Crippen LogP contribution in [0.3, 0.4) is 0 Å². The number of rotatable bonds is 9. The van der Waals surface area contributed by atoms with Crippen molar-refractivity contribution in [1.82, 2.24) is 0 Å². The van der Waals surface area contributed by atoms with Gasteiger partial charge in [-0.15, -0.1) is 0 Å². The molecule has 4 atom stereocenters. The molecule has 3 aromatic carbocycles. The molecular weight excluding hydrogens is 657 g/mol. The molecule has 2 fully saturated rings. The number of methoxy groups -OCH3 is 2. The van der Waals surface area contributed by atoms with E-state index < -0.39 is 11.8 Å². The number of amides is 2. The van der Waals surface area contributed by atoms with Crippen LogP contribution in [-0.4, -0.2) is 50.5 Å². The van der Waals surface area contributed by atoms with Crippen LogP contribution in [0.5, 0.6) is 11.5 Å². The molecule has 2 aliphatic heterocycles. The highest BCUT2D eigenvalue weighted by atomic mass is 127. The van der Waals surface area contributed by atoms with E-state index in [-0.39, 0.29) is 29.6 Å². The van der Waals surface area contributed by atoms with Crippen LogP contribution in [0.25, 0.3) is 11.6 Å². The summed E-state index contributed by atoms with van der Waals surface area (Å²) in [5, 5.41) is 10.3. The van der Waals surface area contributed by atoms with Crippen molar-refractivity contribution in [2.75, 3.05) is 32.3 Å². The minimum atomic E-state index is -0.427. The van der Waals surface area contributed by atoms with Gasteiger partial charge in [-0.1, -0.05) is 54.6 Å². The number of halogens is 1. The van der Waals surface area contributed by atoms with Crippen LogP contribution in [0.2, 0.25) is 0 Å². The van der Waals surface area contributed by atoms with Crippen LogP contribution in [0.4, 0.5) is 5.69 Å². The van der Waals surface area contributed by atoms with Crippen molar-refractivity contribution in [3.8, 4) is 11.5 Å². The van der Waals surface area contributed by atoms with E-state index in [4.69, 9.17) is 14.2 Å². The van der Waals surface area contributed by atoms with Gasteiger partial charge in [-0.05, 0) is 94.0 Å². The van der Waals surface area contributed by atoms with Crippen LogP contribution in [0, 0.1) is 21.3 Å². The van der Waals surface area contributed by atoms with Crippen LogP contribution in [0.1, 0.15) is 30.4 Å². The molecule has 0 spiro atoms. The number of hydrogen-bond acceptors (Lipinski definition) is 6. The van der Waals surface area contributed by atoms with Crippen molar-refractivity contribution in [3.63, 3.8) is 0 Å². The van der Waals surface area contributed by atoms with Crippen LogP contribution >= 0.6 is 22.6 Å². The maximum absolute atomic E-state index is 13.8. The van der Waals surface area contributed by atoms with Crippen molar-refractivity contribution < 1.29 is 28.9 Å². The summed E-state index contributed by atoms with van der Waals surface area (Å²) in [4.78, 5) is 28.7. The molecule has 0 aromatic heterocycles. The Bertz CT molecular complexity index is 1580. The van der Waals surface area contributed by atoms with Gasteiger partial charge in [0, 0.05) is 13.0 Å². The summed E-state index contributed by atoms with van der Waals surface area (Å²) in [5.41, 5.74) is 5.99. The molecule has 3 aromatic rings. The summed E-state index contributed by atoms with van der Waals surface area (Å²) in [6.07, 6.45) is 3.90. The molecule has 7 nitrogen and oxygen atoms in total. The number of anilines is 1. The maximum Gasteiger partial charge on any atom is 0.238 e. The molecule has 2 amide bonds. The number of aromatic hydroxyl groups is 1. The molecule has 2 saturated heterocycles. The van der Waals surface area contributed by atoms with Crippen molar-refractivity contribution in [3.05, 3.63) is 98.6 Å². The van der Waals surface area contributed by atoms with Gasteiger partial charge in [0.1, 0.15) is 0 Å². The number of phenols is 1. The zero-order chi connectivity index (χ0) is 30.1. The van der Waals surface area contributed by atoms with E-state index in [1.165, 1.54) is 4.90 Å². The van der Waals surface area contributed by atoms with Gasteiger partial charge in [-0.25, -0.2) is 0 Å². The van der Waals surface area contributed by atoms with Gasteiger partial charge in [-0.3, -0.25) is 14.5 Å². The number of ether oxygens (including phenoxy) is 3. The van der Waals surface area contributed by atoms with Crippen LogP contribution < -0.4 is 9.64 Å². The minimum Gasteiger partial charge on any atom is -0.504 e. The lowest BCUT2D eigenvalue weighted by molar-refractivity contribution is -0.122. The normalized spacial score (nSPS) is 23.5. The van der Waals surface area contributed by atoms with E-state index >= 15 is 0 Å². The average Bonchev–Trinajstić information content (AvgIpc) is 3.56. The topological polar surface area (TPSA) is 85.3 Å². The number of allylic oxidation sites excluding steroid dienone is 1. The van der Waals surface area contributed by atoms with Crippen LogP contribution in [-0.2, 0) is 19.1 Å². The number of nitrogens with zero attached hydrogens (tertiary/aromatic N) is 1. The van der Waals surface area contributed by atoms with Crippen molar-refractivity contribution in [2.24, 2.45) is 17.8 Å². The molecule has 1 aliphatic carbocycles. The molecule has 43 heavy (non-hydrogen) atoms. The molecule has 0 saturated carbocycles. The van der Waals surface area contributed by atoms with E-state index in [1.54, 1.807) is 14.2 Å². The fourth-order valence-corrected chi connectivity index (χ4v) is 7.51. The Morgan fingerprint density at radius 2 is 1.74 bits per heavy atom. The lowest BCUT2D eigenvalue weighted by atomic mass is 9.69. The summed E-state index contributed by atoms with van der Waals surface area (Å²) in [7, 11) is 3.22. The third-order valence-corrected chi connectivity index (χ3v) is 9.60. The van der Waals surface area contributed by atoms with E-state index in [1.807, 2.05) is 60.7 Å². The molecule has 0 bridgehead atoms. The van der Waals surface area contributed by atoms with Gasteiger partial charge < -0.3 is 19.3 Å². The SMILES string of the molecule is COCC1=C2[C@@H](CC/C(=C/c3cc(I)c(O)c(OC)c3)c3ccccc3)OC[C@@H]2[C@@H]2C(=O)N(c3ccccc3)C(=O)[C@@H]2C1. The lowest BCUT2D eigenvalue weighted by Gasteiger charge is -2.31. The van der Waals surface area contributed by atoms with Crippen molar-refractivity contribution in [2.45, 2.75) is 25.4 Å². The molecule has 2 heterocycles. The van der Waals surface area contributed by atoms with Gasteiger partial charge in [0.25, 0.3) is 0 Å². The fraction of sp³-hybridized carbons (Fsp3) is 0.314. The summed E-state index contributed by atoms with van der Waals surface area (Å²) in [5.74, 6) is -0.684. The Hall–Kier alpha value is -3.47. The highest BCUT2D eigenvalue weighted by molar-refractivity contribution is 14.1. The molecule has 0 unspecified atom stereocenters. The number of benzene rings is 3. The zero-order valence-electron chi connectivity index (χ0n) is 24.2. The van der Waals surface area contributed by atoms with Gasteiger partial charge in [0.2, 0.25) is 11.8 Å². The summed E-state index contributed by atoms with van der Waals surface area (Å²) >= 11 is 2.11. The molecule has 0 radical (unpaired) electrons. The van der Waals surface area contributed by atoms with Gasteiger partial charge in [-0.2, -0.15) is 0 Å². The number of hydrogen-bond donors (Lipinski definition) is 1. The summed E-state index contributed by atoms with van der Waals surface area (Å²) in [6.45, 7) is 0.822. The first-order valence-electron chi connectivity index (χ1n) is 14.5. The van der Waals surface area contributed by atoms with Crippen molar-refractivity contribution in [1.29, 1.82) is 0 Å². The number of phenolic OH excluding ortho intramolecular Hbond substituents is 1. The van der Waals surface area contributed by atoms with E-state index in [0.717, 1.165) is 34.3 Å². The minimum absolute atomic E-state index is 0.130. The lowest BCUT2D eigenvalue weighted by Crippen LogP contribution is -2.35. The quantitative estimate of drug-likeness (QED) is 0.120. The maximum atomic E-state index is 13.8. The van der Waals surface area contributed by atoms with Gasteiger partial charge in [0.15, 0.2) is 11.5 Å². The number of carbonyl (C=O) groups is 2. The Balaban J connectivity index is 1.29. The third kappa shape index (κ3) is 5.63. The Morgan fingerprint density at radius 3 is 2.44 bits per heavy atom. The largest absolute Gasteiger partial charge is 0.504 e. The molecule has 6 rings (SSSR count). The molecule has 1 N–H and O–H groups in total. The third-order valence-electron chi connectivity index (χ3n) is 8.77. The summed E-state index contributed by atoms with van der Waals surface area (Å²) in [6, 6.07) is 23.2. The second kappa shape index (κ2) is 12.6. The summed E-state index contributed by atoms with van der Waals surface area (Å²) < 4.78 is 18.2. The molecule has 3 aliphatic rings. The Morgan fingerprint density at radius 1 is 1.02 bits per heavy atom. The first-order chi connectivity index (χ1) is 20.9. The molecule has 222 valence electrons. The number of carbonyl (C=O) groups excluding carboxylic acids is 2. The van der Waals surface area contributed by atoms with E-state index in [9.17, 15) is 14.7 Å². The molecule has 8 heteroatoms. The predicted octanol–water partition coefficient (Wildman–Crippen LogP) is 6.49. The van der Waals surface area contributed by atoms with Gasteiger partial charge in [0.05, 0.1) is 47.5 Å². The first-order valence-corrected chi connectivity index (χ1v) is 15.6. The van der Waals surface area contributed by atoms with Gasteiger partial charge >= 0.3 is 0 Å². The monoisotopic (exact) mass is 691 g/mol. The standard InChI is InChI=1S/C35H34INO6/c1-41-19-24-18-26-32(35(40)37(34(26)39)25-11-7-4-8-12-25)27-20-43-29(31(24)27)14-13-23(22-9-5-3-6-10-22)15-21-16-28(36)33(38)30(17-21)42-2/h3-12,15-17,26-27,29,32,38H,13-14,18-20H2,1-2H3/b23-15-/t26-,27+,29-,32-/m1/s1. The fourth-order valence-electron chi connectivity index (χ4n) is 6.88. The smallest absolute Gasteiger partial charge is 0.238 e. The Kier molecular flexibility index (Phi) is 8.70. The highest BCUT2D eigenvalue weighted by Crippen LogP contribution is 2.50. The molecular formula is C35H34INO6. The van der Waals surface area contributed by atoms with Crippen molar-refractivity contribution >= 4 is 51.7 Å². The van der Waals surface area contributed by atoms with Crippen LogP contribution in [0.15, 0.2) is 83.9 Å². The number of para-hydroxylation sites is 1. The second-order valence-electron chi connectivity index (χ2n) is 11.2. The second-order valence-corrected chi connectivity index (χ2v) is 12.4. The Labute approximate surface area is 265 Å². The average molecular weight is 692 g/mol.